The number of hydrazine groups is 1. The minimum Gasteiger partial charge on any atom is -0.302 e. The molecule has 1 aliphatic rings. The molecular formula is C20H23ClF2N4O3S. The van der Waals surface area contributed by atoms with Gasteiger partial charge in [-0.25, -0.2) is 23.0 Å². The molecular weight excluding hydrogens is 450 g/mol. The fraction of sp³-hybridized carbons (Fsp3) is 0.350. The average molecular weight is 473 g/mol. The third kappa shape index (κ3) is 5.70. The molecule has 1 heterocycles. The molecule has 0 radical (unpaired) electrons. The van der Waals surface area contributed by atoms with Gasteiger partial charge in [-0.05, 0) is 56.3 Å². The minimum absolute atomic E-state index is 0.00276. The molecule has 0 aliphatic carbocycles. The molecule has 0 aromatic heterocycles. The van der Waals surface area contributed by atoms with Crippen LogP contribution >= 0.6 is 11.6 Å². The molecule has 11 heteroatoms. The number of amides is 1. The van der Waals surface area contributed by atoms with Crippen LogP contribution in [-0.4, -0.2) is 44.6 Å². The number of nitrogen functional groups attached to an aromatic ring is 1. The molecule has 0 atom stereocenters. The maximum atomic E-state index is 14.6. The Kier molecular flexibility index (Phi) is 7.47. The zero-order chi connectivity index (χ0) is 22.6. The van der Waals surface area contributed by atoms with Crippen molar-refractivity contribution >= 4 is 33.2 Å². The number of carbonyl (C=O) groups is 1. The first-order valence-electron chi connectivity index (χ1n) is 9.68. The molecule has 31 heavy (non-hydrogen) atoms. The summed E-state index contributed by atoms with van der Waals surface area (Å²) in [5.41, 5.74) is 2.07. The lowest BCUT2D eigenvalue weighted by Gasteiger charge is -2.26. The number of halogens is 3. The molecule has 1 fully saturated rings. The van der Waals surface area contributed by atoms with E-state index in [2.05, 4.69) is 0 Å². The highest BCUT2D eigenvalue weighted by Crippen LogP contribution is 2.27. The largest absolute Gasteiger partial charge is 0.302 e. The number of nitrogens with one attached hydrogen (secondary N) is 1. The van der Waals surface area contributed by atoms with Crippen LogP contribution in [0.2, 0.25) is 5.02 Å². The third-order valence-corrected chi connectivity index (χ3v) is 7.15. The summed E-state index contributed by atoms with van der Waals surface area (Å²) < 4.78 is 55.7. The Hall–Kier alpha value is -2.27. The molecule has 1 amide bonds. The van der Waals surface area contributed by atoms with Gasteiger partial charge in [0.25, 0.3) is 5.91 Å². The van der Waals surface area contributed by atoms with Crippen molar-refractivity contribution in [3.05, 3.63) is 64.2 Å². The third-order valence-electron chi connectivity index (χ3n) is 5.15. The molecule has 2 aromatic rings. The predicted octanol–water partition coefficient (Wildman–Crippen LogP) is 2.65. The SMILES string of the molecule is NNC(=O)c1ccc(CN(c2ccc(F)c(Cl)c2)S(=O)(=O)CCN2CCCC2)c(F)c1. The highest BCUT2D eigenvalue weighted by molar-refractivity contribution is 7.92. The monoisotopic (exact) mass is 472 g/mol. The van der Waals surface area contributed by atoms with Gasteiger partial charge >= 0.3 is 0 Å². The summed E-state index contributed by atoms with van der Waals surface area (Å²) in [6.07, 6.45) is 2.04. The fourth-order valence-electron chi connectivity index (χ4n) is 3.41. The van der Waals surface area contributed by atoms with E-state index in [-0.39, 0.29) is 34.1 Å². The number of carbonyl (C=O) groups excluding carboxylic acids is 1. The van der Waals surface area contributed by atoms with Gasteiger partial charge in [0.2, 0.25) is 10.0 Å². The molecule has 3 rings (SSSR count). The van der Waals surface area contributed by atoms with E-state index in [1.165, 1.54) is 24.3 Å². The fourth-order valence-corrected chi connectivity index (χ4v) is 5.06. The number of rotatable bonds is 8. The number of anilines is 1. The number of sulfonamides is 1. The van der Waals surface area contributed by atoms with E-state index in [0.717, 1.165) is 42.4 Å². The van der Waals surface area contributed by atoms with Gasteiger partial charge in [0.1, 0.15) is 11.6 Å². The zero-order valence-corrected chi connectivity index (χ0v) is 18.2. The second kappa shape index (κ2) is 9.90. The van der Waals surface area contributed by atoms with E-state index >= 15 is 0 Å². The lowest BCUT2D eigenvalue weighted by atomic mass is 10.1. The van der Waals surface area contributed by atoms with Crippen molar-refractivity contribution in [2.45, 2.75) is 19.4 Å². The topological polar surface area (TPSA) is 95.7 Å². The van der Waals surface area contributed by atoms with Crippen LogP contribution < -0.4 is 15.6 Å². The summed E-state index contributed by atoms with van der Waals surface area (Å²) in [6, 6.07) is 7.17. The van der Waals surface area contributed by atoms with Gasteiger partial charge in [0, 0.05) is 17.7 Å². The number of hydrogen-bond donors (Lipinski definition) is 2. The first-order chi connectivity index (χ1) is 14.7. The maximum absolute atomic E-state index is 14.6. The molecule has 0 bridgehead atoms. The lowest BCUT2D eigenvalue weighted by molar-refractivity contribution is 0.0953. The molecule has 0 saturated carbocycles. The van der Waals surface area contributed by atoms with E-state index in [1.807, 2.05) is 10.3 Å². The summed E-state index contributed by atoms with van der Waals surface area (Å²) in [7, 11) is -3.89. The molecule has 2 aromatic carbocycles. The van der Waals surface area contributed by atoms with Crippen LogP contribution in [0.4, 0.5) is 14.5 Å². The first kappa shape index (κ1) is 23.4. The van der Waals surface area contributed by atoms with Gasteiger partial charge in [-0.2, -0.15) is 0 Å². The van der Waals surface area contributed by atoms with Crippen molar-refractivity contribution in [2.24, 2.45) is 5.84 Å². The number of hydrogen-bond acceptors (Lipinski definition) is 5. The summed E-state index contributed by atoms with van der Waals surface area (Å²) in [4.78, 5) is 13.6. The Bertz CT molecular complexity index is 1060. The quantitative estimate of drug-likeness (QED) is 0.350. The van der Waals surface area contributed by atoms with E-state index in [0.29, 0.717) is 6.54 Å². The van der Waals surface area contributed by atoms with Gasteiger partial charge < -0.3 is 4.90 Å². The molecule has 0 spiro atoms. The van der Waals surface area contributed by atoms with Crippen LogP contribution in [0.25, 0.3) is 0 Å². The van der Waals surface area contributed by atoms with Crippen molar-refractivity contribution in [3.8, 4) is 0 Å². The number of nitrogens with two attached hydrogens (primary N) is 1. The predicted molar refractivity (Wildman–Crippen MR) is 115 cm³/mol. The van der Waals surface area contributed by atoms with Crippen molar-refractivity contribution in [2.75, 3.05) is 29.7 Å². The summed E-state index contributed by atoms with van der Waals surface area (Å²) in [5, 5.41) is -0.243. The first-order valence-corrected chi connectivity index (χ1v) is 11.7. The standard InChI is InChI=1S/C20H23ClF2N4O3S/c21-17-12-16(5-6-18(17)22)27(31(29,30)10-9-26-7-1-2-8-26)13-15-4-3-14(11-19(15)23)20(28)25-24/h3-6,11-12H,1-2,7-10,13,24H2,(H,25,28). The van der Waals surface area contributed by atoms with Crippen molar-refractivity contribution in [1.82, 2.24) is 10.3 Å². The molecule has 1 aliphatic heterocycles. The van der Waals surface area contributed by atoms with E-state index in [4.69, 9.17) is 17.4 Å². The van der Waals surface area contributed by atoms with Crippen LogP contribution in [0.3, 0.4) is 0 Å². The Morgan fingerprint density at radius 2 is 1.84 bits per heavy atom. The smallest absolute Gasteiger partial charge is 0.265 e. The van der Waals surface area contributed by atoms with Crippen molar-refractivity contribution in [3.63, 3.8) is 0 Å². The van der Waals surface area contributed by atoms with Crippen LogP contribution in [0, 0.1) is 11.6 Å². The maximum Gasteiger partial charge on any atom is 0.265 e. The van der Waals surface area contributed by atoms with Crippen molar-refractivity contribution in [1.29, 1.82) is 0 Å². The lowest BCUT2D eigenvalue weighted by Crippen LogP contribution is -2.37. The van der Waals surface area contributed by atoms with Gasteiger partial charge in [0.15, 0.2) is 0 Å². The summed E-state index contributed by atoms with van der Waals surface area (Å²) in [6.45, 7) is 1.65. The molecule has 168 valence electrons. The Balaban J connectivity index is 1.91. The normalized spacial score (nSPS) is 14.6. The van der Waals surface area contributed by atoms with Crippen LogP contribution in [0.5, 0.6) is 0 Å². The molecule has 0 unspecified atom stereocenters. The van der Waals surface area contributed by atoms with Gasteiger partial charge in [0.05, 0.1) is 23.0 Å². The summed E-state index contributed by atoms with van der Waals surface area (Å²) >= 11 is 5.86. The number of benzene rings is 2. The molecule has 3 N–H and O–H groups in total. The van der Waals surface area contributed by atoms with Crippen LogP contribution in [0.15, 0.2) is 36.4 Å². The Morgan fingerprint density at radius 1 is 1.13 bits per heavy atom. The molecule has 7 nitrogen and oxygen atoms in total. The molecule has 1 saturated heterocycles. The van der Waals surface area contributed by atoms with E-state index in [9.17, 15) is 22.0 Å². The van der Waals surface area contributed by atoms with Gasteiger partial charge in [-0.15, -0.1) is 0 Å². The van der Waals surface area contributed by atoms with Crippen LogP contribution in [0.1, 0.15) is 28.8 Å². The second-order valence-corrected chi connectivity index (χ2v) is 9.67. The van der Waals surface area contributed by atoms with Gasteiger partial charge in [-0.1, -0.05) is 17.7 Å². The highest BCUT2D eigenvalue weighted by Gasteiger charge is 2.26. The van der Waals surface area contributed by atoms with Crippen molar-refractivity contribution < 1.29 is 22.0 Å². The Labute approximate surface area is 184 Å². The van der Waals surface area contributed by atoms with E-state index in [1.54, 1.807) is 0 Å². The second-order valence-electron chi connectivity index (χ2n) is 7.25. The van der Waals surface area contributed by atoms with E-state index < -0.39 is 27.6 Å². The number of likely N-dealkylation sites (tertiary alicyclic amines) is 1. The minimum atomic E-state index is -3.89. The average Bonchev–Trinajstić information content (AvgIpc) is 3.26. The Morgan fingerprint density at radius 3 is 2.45 bits per heavy atom. The summed E-state index contributed by atoms with van der Waals surface area (Å²) in [5.74, 6) is 2.74. The highest BCUT2D eigenvalue weighted by atomic mass is 35.5. The number of nitrogens with zero attached hydrogens (tertiary/aromatic N) is 2. The van der Waals surface area contributed by atoms with Crippen LogP contribution in [-0.2, 0) is 16.6 Å². The van der Waals surface area contributed by atoms with Gasteiger partial charge in [-0.3, -0.25) is 14.5 Å². The zero-order valence-electron chi connectivity index (χ0n) is 16.7.